The number of rotatable bonds is 2. The van der Waals surface area contributed by atoms with Gasteiger partial charge in [0.05, 0.1) is 10.3 Å². The summed E-state index contributed by atoms with van der Waals surface area (Å²) in [5, 5.41) is 8.55. The first-order valence-corrected chi connectivity index (χ1v) is 6.08. The Bertz CT molecular complexity index is 514. The minimum atomic E-state index is -3.61. The lowest BCUT2D eigenvalue weighted by Crippen LogP contribution is -2.28. The quantitative estimate of drug-likeness (QED) is 0.847. The number of hydrogen-bond donors (Lipinski definition) is 1. The largest absolute Gasteiger partial charge is 0.478 e. The van der Waals surface area contributed by atoms with Gasteiger partial charge in [-0.25, -0.2) is 18.2 Å². The van der Waals surface area contributed by atoms with Gasteiger partial charge in [-0.15, -0.1) is 0 Å². The molecule has 0 bridgehead atoms. The van der Waals surface area contributed by atoms with Crippen molar-refractivity contribution < 1.29 is 18.3 Å². The van der Waals surface area contributed by atoms with Gasteiger partial charge in [-0.1, -0.05) is 0 Å². The van der Waals surface area contributed by atoms with Crippen molar-refractivity contribution in [3.05, 3.63) is 23.9 Å². The molecule has 1 N–H and O–H groups in total. The van der Waals surface area contributed by atoms with E-state index in [0.29, 0.717) is 0 Å². The summed E-state index contributed by atoms with van der Waals surface area (Å²) in [4.78, 5) is 14.4. The summed E-state index contributed by atoms with van der Waals surface area (Å²) in [6.07, 6.45) is 1.18. The predicted molar refractivity (Wildman–Crippen MR) is 58.1 cm³/mol. The Morgan fingerprint density at radius 1 is 1.38 bits per heavy atom. The lowest BCUT2D eigenvalue weighted by Gasteiger charge is -2.18. The molecule has 6 heteroatoms. The Morgan fingerprint density at radius 3 is 2.38 bits per heavy atom. The summed E-state index contributed by atoms with van der Waals surface area (Å²) in [6, 6.07) is 2.33. The lowest BCUT2D eigenvalue weighted by molar-refractivity contribution is 0.0696. The zero-order valence-electron chi connectivity index (χ0n) is 9.26. The van der Waals surface area contributed by atoms with E-state index < -0.39 is 20.6 Å². The van der Waals surface area contributed by atoms with Crippen molar-refractivity contribution in [2.75, 3.05) is 0 Å². The van der Waals surface area contributed by atoms with Gasteiger partial charge in [0.1, 0.15) is 0 Å². The minimum absolute atomic E-state index is 0.0853. The van der Waals surface area contributed by atoms with Crippen LogP contribution in [0.5, 0.6) is 0 Å². The molecule has 16 heavy (non-hydrogen) atoms. The molecule has 0 radical (unpaired) electrons. The molecule has 0 saturated carbocycles. The molecule has 0 aliphatic rings. The maximum Gasteiger partial charge on any atom is 0.335 e. The van der Waals surface area contributed by atoms with Gasteiger partial charge < -0.3 is 5.11 Å². The number of pyridine rings is 1. The zero-order chi connectivity index (χ0) is 12.6. The van der Waals surface area contributed by atoms with Gasteiger partial charge in [0.25, 0.3) is 0 Å². The van der Waals surface area contributed by atoms with Crippen LogP contribution < -0.4 is 0 Å². The average molecular weight is 243 g/mol. The summed E-state index contributed by atoms with van der Waals surface area (Å²) in [7, 11) is -3.61. The molecule has 1 heterocycles. The molecule has 1 aromatic heterocycles. The molecular weight excluding hydrogens is 230 g/mol. The van der Waals surface area contributed by atoms with Gasteiger partial charge in [0, 0.05) is 6.20 Å². The first kappa shape index (κ1) is 12.6. The third-order valence-corrected chi connectivity index (χ3v) is 4.45. The Labute approximate surface area is 94.1 Å². The van der Waals surface area contributed by atoms with Crippen molar-refractivity contribution in [2.24, 2.45) is 0 Å². The van der Waals surface area contributed by atoms with Gasteiger partial charge in [0.2, 0.25) is 0 Å². The van der Waals surface area contributed by atoms with Crippen molar-refractivity contribution >= 4 is 15.8 Å². The van der Waals surface area contributed by atoms with Gasteiger partial charge in [-0.05, 0) is 32.9 Å². The van der Waals surface area contributed by atoms with Crippen molar-refractivity contribution in [3.8, 4) is 0 Å². The highest BCUT2D eigenvalue weighted by molar-refractivity contribution is 7.92. The van der Waals surface area contributed by atoms with Crippen molar-refractivity contribution in [3.63, 3.8) is 0 Å². The van der Waals surface area contributed by atoms with Crippen LogP contribution in [0.4, 0.5) is 0 Å². The molecule has 88 valence electrons. The second kappa shape index (κ2) is 3.86. The van der Waals surface area contributed by atoms with E-state index in [9.17, 15) is 13.2 Å². The van der Waals surface area contributed by atoms with E-state index in [4.69, 9.17) is 5.11 Å². The van der Waals surface area contributed by atoms with Crippen molar-refractivity contribution in [1.29, 1.82) is 0 Å². The number of carboxylic acids is 1. The highest BCUT2D eigenvalue weighted by atomic mass is 32.2. The number of hydrogen-bond acceptors (Lipinski definition) is 4. The van der Waals surface area contributed by atoms with Crippen LogP contribution in [0.3, 0.4) is 0 Å². The van der Waals surface area contributed by atoms with Crippen LogP contribution >= 0.6 is 0 Å². The molecule has 5 nitrogen and oxygen atoms in total. The molecule has 0 aliphatic carbocycles. The summed E-state index contributed by atoms with van der Waals surface area (Å²) < 4.78 is 22.9. The summed E-state index contributed by atoms with van der Waals surface area (Å²) >= 11 is 0. The molecule has 0 atom stereocenters. The van der Waals surface area contributed by atoms with E-state index in [1.807, 2.05) is 0 Å². The number of aromatic carboxylic acids is 1. The van der Waals surface area contributed by atoms with Gasteiger partial charge >= 0.3 is 5.97 Å². The highest BCUT2D eigenvalue weighted by Gasteiger charge is 2.32. The maximum atomic E-state index is 12.0. The second-order valence-electron chi connectivity index (χ2n) is 4.30. The number of sulfone groups is 1. The molecule has 0 aliphatic heterocycles. The molecular formula is C10H13NO4S. The predicted octanol–water partition coefficient (Wildman–Crippen LogP) is 1.35. The summed E-state index contributed by atoms with van der Waals surface area (Å²) in [5.74, 6) is -1.17. The Hall–Kier alpha value is -1.43. The fraction of sp³-hybridized carbons (Fsp3) is 0.400. The van der Waals surface area contributed by atoms with E-state index in [-0.39, 0.29) is 10.6 Å². The molecule has 1 rings (SSSR count). The standard InChI is InChI=1S/C10H13NO4S/c1-10(2,3)16(14,15)8-6-7(9(12)13)4-5-11-8/h4-6H,1-3H3,(H,12,13). The fourth-order valence-corrected chi connectivity index (χ4v) is 2.11. The molecule has 0 aromatic carbocycles. The van der Waals surface area contributed by atoms with Crippen LogP contribution in [0.15, 0.2) is 23.4 Å². The first-order valence-electron chi connectivity index (χ1n) is 4.60. The summed E-state index contributed by atoms with van der Waals surface area (Å²) in [6.45, 7) is 4.62. The van der Waals surface area contributed by atoms with Crippen LogP contribution in [-0.4, -0.2) is 29.2 Å². The lowest BCUT2D eigenvalue weighted by atomic mass is 10.3. The van der Waals surface area contributed by atoms with Gasteiger partial charge in [-0.3, -0.25) is 0 Å². The minimum Gasteiger partial charge on any atom is -0.478 e. The number of aromatic nitrogens is 1. The van der Waals surface area contributed by atoms with E-state index in [1.165, 1.54) is 33.0 Å². The Kier molecular flexibility index (Phi) is 3.05. The topological polar surface area (TPSA) is 84.3 Å². The molecule has 1 aromatic rings. The van der Waals surface area contributed by atoms with E-state index in [1.54, 1.807) is 0 Å². The van der Waals surface area contributed by atoms with E-state index >= 15 is 0 Å². The maximum absolute atomic E-state index is 12.0. The SMILES string of the molecule is CC(C)(C)S(=O)(=O)c1cc(C(=O)O)ccn1. The molecule has 0 spiro atoms. The summed E-state index contributed by atoms with van der Waals surface area (Å²) in [5.41, 5.74) is -0.0853. The number of carbonyl (C=O) groups is 1. The second-order valence-corrected chi connectivity index (χ2v) is 6.95. The van der Waals surface area contributed by atoms with Crippen LogP contribution in [0, 0.1) is 0 Å². The fourth-order valence-electron chi connectivity index (χ4n) is 1.00. The number of nitrogens with zero attached hydrogens (tertiary/aromatic N) is 1. The molecule has 0 unspecified atom stereocenters. The molecule has 0 saturated heterocycles. The Balaban J connectivity index is 3.36. The van der Waals surface area contributed by atoms with Crippen LogP contribution in [-0.2, 0) is 9.84 Å². The van der Waals surface area contributed by atoms with E-state index in [0.717, 1.165) is 6.07 Å². The normalized spacial score (nSPS) is 12.4. The third-order valence-electron chi connectivity index (χ3n) is 2.06. The zero-order valence-corrected chi connectivity index (χ0v) is 10.1. The number of carboxylic acid groups (broad SMARTS) is 1. The third kappa shape index (κ3) is 2.21. The van der Waals surface area contributed by atoms with Gasteiger partial charge in [-0.2, -0.15) is 0 Å². The smallest absolute Gasteiger partial charge is 0.335 e. The van der Waals surface area contributed by atoms with Crippen LogP contribution in [0.1, 0.15) is 31.1 Å². The highest BCUT2D eigenvalue weighted by Crippen LogP contribution is 2.23. The van der Waals surface area contributed by atoms with Crippen LogP contribution in [0.2, 0.25) is 0 Å². The van der Waals surface area contributed by atoms with E-state index in [2.05, 4.69) is 4.98 Å². The van der Waals surface area contributed by atoms with Crippen LogP contribution in [0.25, 0.3) is 0 Å². The average Bonchev–Trinajstić information content (AvgIpc) is 2.16. The van der Waals surface area contributed by atoms with Gasteiger partial charge in [0.15, 0.2) is 14.9 Å². The Morgan fingerprint density at radius 2 is 1.94 bits per heavy atom. The monoisotopic (exact) mass is 243 g/mol. The molecule has 0 fully saturated rings. The first-order chi connectivity index (χ1) is 7.16. The molecule has 0 amide bonds. The van der Waals surface area contributed by atoms with Crippen molar-refractivity contribution in [2.45, 2.75) is 30.5 Å². The van der Waals surface area contributed by atoms with Crippen molar-refractivity contribution in [1.82, 2.24) is 4.98 Å².